The number of carbonyl (C=O) groups excluding carboxylic acids is 1. The second kappa shape index (κ2) is 5.69. The average molecular weight is 256 g/mol. The van der Waals surface area contributed by atoms with Crippen molar-refractivity contribution >= 4 is 11.9 Å². The van der Waals surface area contributed by atoms with Gasteiger partial charge in [-0.15, -0.1) is 0 Å². The Bertz CT molecular complexity index is 326. The highest BCUT2D eigenvalue weighted by Crippen LogP contribution is 2.35. The number of amides is 1. The first-order chi connectivity index (χ1) is 8.25. The number of hydrogen-bond donors (Lipinski definition) is 2. The van der Waals surface area contributed by atoms with E-state index in [1.807, 2.05) is 27.7 Å². The molecule has 0 aromatic rings. The van der Waals surface area contributed by atoms with Crippen molar-refractivity contribution in [1.29, 1.82) is 0 Å². The van der Waals surface area contributed by atoms with E-state index in [0.717, 1.165) is 12.8 Å². The van der Waals surface area contributed by atoms with Gasteiger partial charge in [0.15, 0.2) is 0 Å². The second-order valence-corrected chi connectivity index (χ2v) is 5.96. The molecule has 2 N–H and O–H groups in total. The van der Waals surface area contributed by atoms with E-state index >= 15 is 0 Å². The van der Waals surface area contributed by atoms with Gasteiger partial charge in [-0.25, -0.2) is 4.79 Å². The second-order valence-electron chi connectivity index (χ2n) is 5.96. The van der Waals surface area contributed by atoms with Gasteiger partial charge in [-0.1, -0.05) is 27.7 Å². The molecule has 1 atom stereocenters. The van der Waals surface area contributed by atoms with Crippen molar-refractivity contribution < 1.29 is 14.7 Å². The zero-order valence-corrected chi connectivity index (χ0v) is 11.7. The van der Waals surface area contributed by atoms with Crippen molar-refractivity contribution in [1.82, 2.24) is 10.2 Å². The molecule has 5 heteroatoms. The third kappa shape index (κ3) is 3.45. The molecule has 1 heterocycles. The number of carboxylic acid groups (broad SMARTS) is 1. The molecule has 18 heavy (non-hydrogen) atoms. The summed E-state index contributed by atoms with van der Waals surface area (Å²) in [5, 5.41) is 12.4. The van der Waals surface area contributed by atoms with Crippen LogP contribution in [-0.4, -0.2) is 47.1 Å². The quantitative estimate of drug-likeness (QED) is 0.790. The van der Waals surface area contributed by atoms with Gasteiger partial charge in [0, 0.05) is 12.6 Å². The lowest BCUT2D eigenvalue weighted by molar-refractivity contribution is -0.158. The summed E-state index contributed by atoms with van der Waals surface area (Å²) >= 11 is 0. The first kappa shape index (κ1) is 15.0. The van der Waals surface area contributed by atoms with Gasteiger partial charge in [-0.2, -0.15) is 0 Å². The van der Waals surface area contributed by atoms with Crippen molar-refractivity contribution in [3.05, 3.63) is 0 Å². The van der Waals surface area contributed by atoms with E-state index < -0.39 is 12.0 Å². The predicted octanol–water partition coefficient (Wildman–Crippen LogP) is 1.09. The highest BCUT2D eigenvalue weighted by molar-refractivity contribution is 5.85. The third-order valence-electron chi connectivity index (χ3n) is 3.49. The molecule has 0 saturated carbocycles. The number of likely N-dealkylation sites (tertiary alicyclic amines) is 1. The summed E-state index contributed by atoms with van der Waals surface area (Å²) in [7, 11) is 0. The first-order valence-corrected chi connectivity index (χ1v) is 6.51. The lowest BCUT2D eigenvalue weighted by atomic mass is 9.76. The summed E-state index contributed by atoms with van der Waals surface area (Å²) < 4.78 is 0. The van der Waals surface area contributed by atoms with E-state index in [1.54, 1.807) is 0 Å². The molecule has 0 aromatic heterocycles. The monoisotopic (exact) mass is 256 g/mol. The molecule has 104 valence electrons. The van der Waals surface area contributed by atoms with Crippen LogP contribution in [0.15, 0.2) is 0 Å². The molecule has 1 saturated heterocycles. The molecule has 1 aliphatic rings. The Kier molecular flexibility index (Phi) is 4.73. The number of rotatable bonds is 4. The van der Waals surface area contributed by atoms with Crippen molar-refractivity contribution in [3.63, 3.8) is 0 Å². The lowest BCUT2D eigenvalue weighted by Gasteiger charge is -2.44. The summed E-state index contributed by atoms with van der Waals surface area (Å²) in [5.74, 6) is -1.03. The van der Waals surface area contributed by atoms with E-state index in [9.17, 15) is 14.7 Å². The summed E-state index contributed by atoms with van der Waals surface area (Å²) in [5.41, 5.74) is -0.364. The van der Waals surface area contributed by atoms with Crippen molar-refractivity contribution in [2.45, 2.75) is 52.6 Å². The topological polar surface area (TPSA) is 69.6 Å². The van der Waals surface area contributed by atoms with Crippen LogP contribution in [0, 0.1) is 5.41 Å². The van der Waals surface area contributed by atoms with E-state index in [2.05, 4.69) is 5.32 Å². The Balaban J connectivity index is 2.78. The SMILES string of the molecule is CC(C)NCC(=O)N1CCCC(C)(C)C1C(=O)O. The smallest absolute Gasteiger partial charge is 0.326 e. The molecule has 1 aliphatic heterocycles. The number of nitrogens with one attached hydrogen (secondary N) is 1. The molecule has 1 unspecified atom stereocenters. The highest BCUT2D eigenvalue weighted by Gasteiger charge is 2.44. The largest absolute Gasteiger partial charge is 0.480 e. The Hall–Kier alpha value is -1.10. The van der Waals surface area contributed by atoms with Crippen molar-refractivity contribution in [3.8, 4) is 0 Å². The fourth-order valence-electron chi connectivity index (χ4n) is 2.52. The van der Waals surface area contributed by atoms with Gasteiger partial charge < -0.3 is 15.3 Å². The van der Waals surface area contributed by atoms with Crippen LogP contribution in [0.4, 0.5) is 0 Å². The highest BCUT2D eigenvalue weighted by atomic mass is 16.4. The number of carboxylic acids is 1. The van der Waals surface area contributed by atoms with Gasteiger partial charge in [-0.05, 0) is 18.3 Å². The molecule has 0 bridgehead atoms. The van der Waals surface area contributed by atoms with Gasteiger partial charge >= 0.3 is 5.97 Å². The summed E-state index contributed by atoms with van der Waals surface area (Å²) in [6, 6.07) is -0.497. The minimum absolute atomic E-state index is 0.121. The van der Waals surface area contributed by atoms with Crippen LogP contribution in [0.2, 0.25) is 0 Å². The molecule has 1 amide bonds. The lowest BCUT2D eigenvalue weighted by Crippen LogP contribution is -2.58. The summed E-state index contributed by atoms with van der Waals surface area (Å²) in [4.78, 5) is 25.0. The zero-order valence-electron chi connectivity index (χ0n) is 11.7. The predicted molar refractivity (Wildman–Crippen MR) is 69.3 cm³/mol. The summed E-state index contributed by atoms with van der Waals surface area (Å²) in [6.07, 6.45) is 1.70. The van der Waals surface area contributed by atoms with E-state index in [4.69, 9.17) is 0 Å². The van der Waals surface area contributed by atoms with Gasteiger partial charge in [0.2, 0.25) is 5.91 Å². The van der Waals surface area contributed by atoms with Gasteiger partial charge in [0.1, 0.15) is 6.04 Å². The Morgan fingerprint density at radius 3 is 2.56 bits per heavy atom. The maximum atomic E-state index is 12.1. The van der Waals surface area contributed by atoms with Gasteiger partial charge in [0.25, 0.3) is 0 Å². The number of carbonyl (C=O) groups is 2. The molecule has 0 aliphatic carbocycles. The molecular formula is C13H24N2O3. The first-order valence-electron chi connectivity index (χ1n) is 6.51. The van der Waals surface area contributed by atoms with Gasteiger partial charge in [0.05, 0.1) is 6.54 Å². The Labute approximate surface area is 109 Å². The molecule has 0 spiro atoms. The number of hydrogen-bond acceptors (Lipinski definition) is 3. The van der Waals surface area contributed by atoms with Crippen molar-refractivity contribution in [2.75, 3.05) is 13.1 Å². The van der Waals surface area contributed by atoms with E-state index in [1.165, 1.54) is 4.90 Å². The van der Waals surface area contributed by atoms with Crippen LogP contribution in [0.3, 0.4) is 0 Å². The number of piperidine rings is 1. The molecule has 1 fully saturated rings. The maximum Gasteiger partial charge on any atom is 0.326 e. The third-order valence-corrected chi connectivity index (χ3v) is 3.49. The van der Waals surface area contributed by atoms with E-state index in [0.29, 0.717) is 6.54 Å². The molecule has 0 radical (unpaired) electrons. The van der Waals surface area contributed by atoms with E-state index in [-0.39, 0.29) is 23.9 Å². The van der Waals surface area contributed by atoms with Crippen LogP contribution < -0.4 is 5.32 Å². The van der Waals surface area contributed by atoms with Crippen LogP contribution in [0.5, 0.6) is 0 Å². The number of nitrogens with zero attached hydrogens (tertiary/aromatic N) is 1. The van der Waals surface area contributed by atoms with Crippen LogP contribution >= 0.6 is 0 Å². The van der Waals surface area contributed by atoms with Gasteiger partial charge in [-0.3, -0.25) is 4.79 Å². The zero-order chi connectivity index (χ0) is 13.9. The Morgan fingerprint density at radius 2 is 2.06 bits per heavy atom. The fraction of sp³-hybridized carbons (Fsp3) is 0.846. The van der Waals surface area contributed by atoms with Crippen LogP contribution in [0.25, 0.3) is 0 Å². The molecule has 0 aromatic carbocycles. The van der Waals surface area contributed by atoms with Crippen molar-refractivity contribution in [2.24, 2.45) is 5.41 Å². The maximum absolute atomic E-state index is 12.1. The fourth-order valence-corrected chi connectivity index (χ4v) is 2.52. The standard InChI is InChI=1S/C13H24N2O3/c1-9(2)14-8-10(16)15-7-5-6-13(3,4)11(15)12(17)18/h9,11,14H,5-8H2,1-4H3,(H,17,18). The molecular weight excluding hydrogens is 232 g/mol. The number of aliphatic carboxylic acids is 1. The Morgan fingerprint density at radius 1 is 1.44 bits per heavy atom. The minimum atomic E-state index is -0.905. The normalized spacial score (nSPS) is 23.2. The minimum Gasteiger partial charge on any atom is -0.480 e. The van der Waals surface area contributed by atoms with Crippen LogP contribution in [0.1, 0.15) is 40.5 Å². The molecule has 1 rings (SSSR count). The van der Waals surface area contributed by atoms with Crippen LogP contribution in [-0.2, 0) is 9.59 Å². The molecule has 5 nitrogen and oxygen atoms in total. The summed E-state index contributed by atoms with van der Waals surface area (Å²) in [6.45, 7) is 8.50. The average Bonchev–Trinajstić information content (AvgIpc) is 2.23.